The molecule has 1 aliphatic carbocycles. The van der Waals surface area contributed by atoms with Crippen molar-refractivity contribution in [3.63, 3.8) is 0 Å². The minimum absolute atomic E-state index is 0.941. The number of nitrogen functional groups attached to an aromatic ring is 1. The van der Waals surface area contributed by atoms with Crippen LogP contribution in [0.1, 0.15) is 37.7 Å². The van der Waals surface area contributed by atoms with Gasteiger partial charge < -0.3 is 10.6 Å². The number of rotatable bonds is 6. The Bertz CT molecular complexity index is 356. The Labute approximate surface area is 111 Å². The molecule has 1 aromatic rings. The third kappa shape index (κ3) is 4.02. The second-order valence-corrected chi connectivity index (χ2v) is 5.72. The van der Waals surface area contributed by atoms with E-state index in [0.29, 0.717) is 0 Å². The molecule has 0 amide bonds. The fourth-order valence-corrected chi connectivity index (χ4v) is 3.03. The fourth-order valence-electron chi connectivity index (χ4n) is 3.03. The van der Waals surface area contributed by atoms with Crippen LogP contribution in [0.4, 0.5) is 5.69 Å². The minimum Gasteiger partial charge on any atom is -0.399 e. The van der Waals surface area contributed by atoms with Gasteiger partial charge in [-0.2, -0.15) is 0 Å². The molecule has 2 rings (SSSR count). The molecule has 0 aromatic heterocycles. The third-order valence-corrected chi connectivity index (χ3v) is 4.09. The first kappa shape index (κ1) is 13.4. The van der Waals surface area contributed by atoms with Gasteiger partial charge in [0, 0.05) is 12.2 Å². The lowest BCUT2D eigenvalue weighted by atomic mass is 10.1. The monoisotopic (exact) mass is 246 g/mol. The van der Waals surface area contributed by atoms with Gasteiger partial charge in [-0.3, -0.25) is 0 Å². The second kappa shape index (κ2) is 6.79. The molecule has 0 bridgehead atoms. The molecule has 100 valence electrons. The summed E-state index contributed by atoms with van der Waals surface area (Å²) in [4.78, 5) is 2.50. The van der Waals surface area contributed by atoms with Gasteiger partial charge in [-0.05, 0) is 56.8 Å². The molecular formula is C16H26N2. The Morgan fingerprint density at radius 2 is 1.94 bits per heavy atom. The molecule has 0 aliphatic heterocycles. The Morgan fingerprint density at radius 3 is 2.67 bits per heavy atom. The number of benzene rings is 1. The summed E-state index contributed by atoms with van der Waals surface area (Å²) in [6, 6.07) is 8.23. The first-order valence-electron chi connectivity index (χ1n) is 7.27. The molecule has 0 heterocycles. The average Bonchev–Trinajstić information content (AvgIpc) is 2.84. The zero-order chi connectivity index (χ0) is 12.8. The van der Waals surface area contributed by atoms with Crippen molar-refractivity contribution >= 4 is 5.69 Å². The minimum atomic E-state index is 0.941. The molecule has 1 fully saturated rings. The smallest absolute Gasteiger partial charge is 0.0346 e. The first-order valence-corrected chi connectivity index (χ1v) is 7.27. The molecule has 2 N–H and O–H groups in total. The molecule has 0 radical (unpaired) electrons. The molecule has 0 saturated heterocycles. The highest BCUT2D eigenvalue weighted by molar-refractivity contribution is 5.46. The van der Waals surface area contributed by atoms with Gasteiger partial charge in [0.15, 0.2) is 0 Å². The van der Waals surface area contributed by atoms with Crippen LogP contribution in [0.5, 0.6) is 0 Å². The van der Waals surface area contributed by atoms with Crippen molar-refractivity contribution in [3.8, 4) is 0 Å². The predicted molar refractivity (Wildman–Crippen MR) is 78.6 cm³/mol. The number of hydrogen-bond donors (Lipinski definition) is 1. The largest absolute Gasteiger partial charge is 0.399 e. The van der Waals surface area contributed by atoms with Gasteiger partial charge in [0.2, 0.25) is 0 Å². The van der Waals surface area contributed by atoms with E-state index in [1.807, 2.05) is 12.1 Å². The Kier molecular flexibility index (Phi) is 5.06. The van der Waals surface area contributed by atoms with E-state index in [4.69, 9.17) is 5.73 Å². The Morgan fingerprint density at radius 1 is 1.22 bits per heavy atom. The number of nitrogens with zero attached hydrogens (tertiary/aromatic N) is 1. The van der Waals surface area contributed by atoms with E-state index in [2.05, 4.69) is 24.1 Å². The molecule has 1 aromatic carbocycles. The van der Waals surface area contributed by atoms with Gasteiger partial charge in [-0.25, -0.2) is 0 Å². The van der Waals surface area contributed by atoms with E-state index < -0.39 is 0 Å². The Balaban J connectivity index is 1.67. The molecule has 0 spiro atoms. The summed E-state index contributed by atoms with van der Waals surface area (Å²) < 4.78 is 0. The van der Waals surface area contributed by atoms with E-state index in [1.54, 1.807) is 0 Å². The van der Waals surface area contributed by atoms with E-state index in [0.717, 1.165) is 18.0 Å². The van der Waals surface area contributed by atoms with Crippen molar-refractivity contribution in [1.29, 1.82) is 0 Å². The predicted octanol–water partition coefficient (Wildman–Crippen LogP) is 3.32. The van der Waals surface area contributed by atoms with Crippen molar-refractivity contribution in [2.75, 3.05) is 25.9 Å². The van der Waals surface area contributed by atoms with Crippen molar-refractivity contribution < 1.29 is 0 Å². The quantitative estimate of drug-likeness (QED) is 0.780. The fraction of sp³-hybridized carbons (Fsp3) is 0.625. The van der Waals surface area contributed by atoms with Crippen LogP contribution in [0.2, 0.25) is 0 Å². The molecule has 1 saturated carbocycles. The zero-order valence-corrected chi connectivity index (χ0v) is 11.6. The zero-order valence-electron chi connectivity index (χ0n) is 11.6. The van der Waals surface area contributed by atoms with Crippen molar-refractivity contribution in [3.05, 3.63) is 29.8 Å². The van der Waals surface area contributed by atoms with E-state index in [9.17, 15) is 0 Å². The summed E-state index contributed by atoms with van der Waals surface area (Å²) in [6.45, 7) is 2.47. The number of nitrogens with two attached hydrogens (primary N) is 1. The highest BCUT2D eigenvalue weighted by atomic mass is 15.1. The molecular weight excluding hydrogens is 220 g/mol. The standard InChI is InChI=1S/C16H26N2/c1-18(13-14-7-2-3-8-14)12-6-10-15-9-4-5-11-16(15)17/h4-5,9,11,14H,2-3,6-8,10,12-13,17H2,1H3. The van der Waals surface area contributed by atoms with Crippen LogP contribution >= 0.6 is 0 Å². The molecule has 2 nitrogen and oxygen atoms in total. The second-order valence-electron chi connectivity index (χ2n) is 5.72. The normalized spacial score (nSPS) is 16.6. The van der Waals surface area contributed by atoms with Crippen molar-refractivity contribution in [2.24, 2.45) is 5.92 Å². The third-order valence-electron chi connectivity index (χ3n) is 4.09. The molecule has 0 atom stereocenters. The highest BCUT2D eigenvalue weighted by Gasteiger charge is 2.16. The van der Waals surface area contributed by atoms with Crippen LogP contribution in [0.25, 0.3) is 0 Å². The summed E-state index contributed by atoms with van der Waals surface area (Å²) in [5.41, 5.74) is 8.19. The first-order chi connectivity index (χ1) is 8.75. The van der Waals surface area contributed by atoms with Gasteiger partial charge in [0.1, 0.15) is 0 Å². The van der Waals surface area contributed by atoms with Crippen LogP contribution in [-0.4, -0.2) is 25.0 Å². The lowest BCUT2D eigenvalue weighted by Gasteiger charge is -2.20. The number of aryl methyl sites for hydroxylation is 1. The number of anilines is 1. The lowest BCUT2D eigenvalue weighted by Crippen LogP contribution is -2.25. The van der Waals surface area contributed by atoms with Crippen LogP contribution in [0, 0.1) is 5.92 Å². The van der Waals surface area contributed by atoms with E-state index >= 15 is 0 Å². The lowest BCUT2D eigenvalue weighted by molar-refractivity contribution is 0.275. The maximum atomic E-state index is 5.96. The van der Waals surface area contributed by atoms with Gasteiger partial charge in [0.05, 0.1) is 0 Å². The van der Waals surface area contributed by atoms with E-state index in [1.165, 1.54) is 50.8 Å². The molecule has 18 heavy (non-hydrogen) atoms. The average molecular weight is 246 g/mol. The van der Waals surface area contributed by atoms with Gasteiger partial charge in [0.25, 0.3) is 0 Å². The van der Waals surface area contributed by atoms with Gasteiger partial charge >= 0.3 is 0 Å². The van der Waals surface area contributed by atoms with Crippen molar-refractivity contribution in [2.45, 2.75) is 38.5 Å². The SMILES string of the molecule is CN(CCCc1ccccc1N)CC1CCCC1. The van der Waals surface area contributed by atoms with Crippen molar-refractivity contribution in [1.82, 2.24) is 4.90 Å². The Hall–Kier alpha value is -1.02. The van der Waals surface area contributed by atoms with Crippen LogP contribution in [0.3, 0.4) is 0 Å². The summed E-state index contributed by atoms with van der Waals surface area (Å²) >= 11 is 0. The van der Waals surface area contributed by atoms with Gasteiger partial charge in [-0.1, -0.05) is 31.0 Å². The van der Waals surface area contributed by atoms with Crippen LogP contribution < -0.4 is 5.73 Å². The van der Waals surface area contributed by atoms with E-state index in [-0.39, 0.29) is 0 Å². The van der Waals surface area contributed by atoms with Crippen LogP contribution in [-0.2, 0) is 6.42 Å². The maximum absolute atomic E-state index is 5.96. The number of hydrogen-bond acceptors (Lipinski definition) is 2. The van der Waals surface area contributed by atoms with Crippen LogP contribution in [0.15, 0.2) is 24.3 Å². The maximum Gasteiger partial charge on any atom is 0.0346 e. The van der Waals surface area contributed by atoms with Gasteiger partial charge in [-0.15, -0.1) is 0 Å². The number of para-hydroxylation sites is 1. The molecule has 1 aliphatic rings. The summed E-state index contributed by atoms with van der Waals surface area (Å²) in [5, 5.41) is 0. The highest BCUT2D eigenvalue weighted by Crippen LogP contribution is 2.25. The molecule has 0 unspecified atom stereocenters. The topological polar surface area (TPSA) is 29.3 Å². The summed E-state index contributed by atoms with van der Waals surface area (Å²) in [5.74, 6) is 0.955. The molecule has 2 heteroatoms. The summed E-state index contributed by atoms with van der Waals surface area (Å²) in [6.07, 6.45) is 8.07. The summed E-state index contributed by atoms with van der Waals surface area (Å²) in [7, 11) is 2.26.